The number of benzene rings is 1. The molecule has 7 heteroatoms. The van der Waals surface area contributed by atoms with E-state index < -0.39 is 0 Å². The number of hydrogen-bond acceptors (Lipinski definition) is 4. The second kappa shape index (κ2) is 12.2. The summed E-state index contributed by atoms with van der Waals surface area (Å²) in [6.45, 7) is 11.6. The summed E-state index contributed by atoms with van der Waals surface area (Å²) in [5.41, 5.74) is 2.21. The van der Waals surface area contributed by atoms with Crippen molar-refractivity contribution in [1.82, 2.24) is 20.5 Å². The topological polar surface area (TPSA) is 61.8 Å². The van der Waals surface area contributed by atoms with Gasteiger partial charge in [-0.25, -0.2) is 4.99 Å². The van der Waals surface area contributed by atoms with E-state index in [2.05, 4.69) is 46.5 Å². The highest BCUT2D eigenvalue weighted by molar-refractivity contribution is 14.0. The molecule has 0 saturated carbocycles. The summed E-state index contributed by atoms with van der Waals surface area (Å²) in [6.07, 6.45) is 1.86. The fourth-order valence-electron chi connectivity index (χ4n) is 3.36. The number of rotatable bonds is 7. The van der Waals surface area contributed by atoms with Gasteiger partial charge in [-0.05, 0) is 30.5 Å². The molecule has 2 aromatic rings. The van der Waals surface area contributed by atoms with Crippen molar-refractivity contribution in [2.24, 2.45) is 10.9 Å². The Labute approximate surface area is 185 Å². The minimum Gasteiger partial charge on any atom is -0.379 e. The van der Waals surface area contributed by atoms with Crippen molar-refractivity contribution in [3.63, 3.8) is 0 Å². The van der Waals surface area contributed by atoms with E-state index in [-0.39, 0.29) is 24.0 Å². The van der Waals surface area contributed by atoms with Crippen molar-refractivity contribution in [3.8, 4) is 0 Å². The first-order valence-corrected chi connectivity index (χ1v) is 9.91. The molecule has 1 atom stereocenters. The number of morpholine rings is 1. The summed E-state index contributed by atoms with van der Waals surface area (Å²) in [4.78, 5) is 11.7. The second-order valence-corrected chi connectivity index (χ2v) is 7.08. The first-order chi connectivity index (χ1) is 13.3. The standard InChI is InChI=1S/C21H31N5O.HI/c1-3-22-21(24-14-17(2)16-26-10-12-27-13-11-26)25-15-18-8-9-23-20-7-5-4-6-19(18)20;/h4-9,17H,3,10-16H2,1-2H3,(H2,22,24,25);1H. The second-order valence-electron chi connectivity index (χ2n) is 7.08. The number of pyridine rings is 1. The maximum Gasteiger partial charge on any atom is 0.191 e. The molecule has 1 saturated heterocycles. The third kappa shape index (κ3) is 6.86. The van der Waals surface area contributed by atoms with Gasteiger partial charge in [-0.3, -0.25) is 9.88 Å². The van der Waals surface area contributed by atoms with E-state index in [1.807, 2.05) is 24.4 Å². The number of ether oxygens (including phenoxy) is 1. The molecule has 0 aliphatic carbocycles. The molecule has 1 unspecified atom stereocenters. The first kappa shape index (κ1) is 22.8. The van der Waals surface area contributed by atoms with Gasteiger partial charge in [-0.1, -0.05) is 25.1 Å². The van der Waals surface area contributed by atoms with Crippen LogP contribution in [0.2, 0.25) is 0 Å². The van der Waals surface area contributed by atoms with Crippen molar-refractivity contribution in [1.29, 1.82) is 0 Å². The SMILES string of the molecule is CCNC(=NCc1ccnc2ccccc12)NCC(C)CN1CCOCC1.I. The number of fused-ring (bicyclic) bond motifs is 1. The van der Waals surface area contributed by atoms with Crippen molar-refractivity contribution in [2.45, 2.75) is 20.4 Å². The molecule has 1 aromatic heterocycles. The molecular formula is C21H32IN5O. The monoisotopic (exact) mass is 497 g/mol. The summed E-state index contributed by atoms with van der Waals surface area (Å²) >= 11 is 0. The van der Waals surface area contributed by atoms with Gasteiger partial charge in [0, 0.05) is 44.3 Å². The van der Waals surface area contributed by atoms with Gasteiger partial charge < -0.3 is 15.4 Å². The highest BCUT2D eigenvalue weighted by Gasteiger charge is 2.14. The van der Waals surface area contributed by atoms with Gasteiger partial charge >= 0.3 is 0 Å². The zero-order valence-electron chi connectivity index (χ0n) is 16.9. The van der Waals surface area contributed by atoms with Crippen LogP contribution in [0.25, 0.3) is 10.9 Å². The van der Waals surface area contributed by atoms with E-state index in [0.717, 1.165) is 57.4 Å². The van der Waals surface area contributed by atoms with Crippen LogP contribution in [-0.2, 0) is 11.3 Å². The summed E-state index contributed by atoms with van der Waals surface area (Å²) in [7, 11) is 0. The van der Waals surface area contributed by atoms with E-state index in [4.69, 9.17) is 9.73 Å². The highest BCUT2D eigenvalue weighted by Crippen LogP contribution is 2.16. The van der Waals surface area contributed by atoms with Crippen LogP contribution in [0.15, 0.2) is 41.5 Å². The van der Waals surface area contributed by atoms with E-state index >= 15 is 0 Å². The lowest BCUT2D eigenvalue weighted by Crippen LogP contribution is -2.44. The van der Waals surface area contributed by atoms with Gasteiger partial charge in [0.25, 0.3) is 0 Å². The smallest absolute Gasteiger partial charge is 0.191 e. The first-order valence-electron chi connectivity index (χ1n) is 9.91. The van der Waals surface area contributed by atoms with E-state index in [1.54, 1.807) is 0 Å². The highest BCUT2D eigenvalue weighted by atomic mass is 127. The zero-order chi connectivity index (χ0) is 18.9. The third-order valence-corrected chi connectivity index (χ3v) is 4.78. The van der Waals surface area contributed by atoms with Gasteiger partial charge in [-0.15, -0.1) is 24.0 Å². The summed E-state index contributed by atoms with van der Waals surface area (Å²) in [5, 5.41) is 8.01. The van der Waals surface area contributed by atoms with E-state index in [9.17, 15) is 0 Å². The van der Waals surface area contributed by atoms with Crippen LogP contribution >= 0.6 is 24.0 Å². The lowest BCUT2D eigenvalue weighted by Gasteiger charge is -2.29. The Bertz CT molecular complexity index is 743. The molecule has 1 fully saturated rings. The van der Waals surface area contributed by atoms with E-state index in [1.165, 1.54) is 10.9 Å². The van der Waals surface area contributed by atoms with E-state index in [0.29, 0.717) is 12.5 Å². The molecule has 0 radical (unpaired) electrons. The van der Waals surface area contributed by atoms with Gasteiger partial charge in [0.15, 0.2) is 5.96 Å². The van der Waals surface area contributed by atoms with Crippen molar-refractivity contribution >= 4 is 40.8 Å². The Kier molecular flexibility index (Phi) is 9.94. The summed E-state index contributed by atoms with van der Waals surface area (Å²) in [5.74, 6) is 1.42. The lowest BCUT2D eigenvalue weighted by molar-refractivity contribution is 0.0320. The quantitative estimate of drug-likeness (QED) is 0.350. The molecule has 28 heavy (non-hydrogen) atoms. The van der Waals surface area contributed by atoms with Crippen LogP contribution < -0.4 is 10.6 Å². The molecule has 2 N–H and O–H groups in total. The number of nitrogens with one attached hydrogen (secondary N) is 2. The van der Waals surface area contributed by atoms with Crippen LogP contribution in [0.4, 0.5) is 0 Å². The Hall–Kier alpha value is -1.45. The fraction of sp³-hybridized carbons (Fsp3) is 0.524. The Morgan fingerprint density at radius 3 is 2.79 bits per heavy atom. The third-order valence-electron chi connectivity index (χ3n) is 4.78. The van der Waals surface area contributed by atoms with Crippen LogP contribution in [0.1, 0.15) is 19.4 Å². The Morgan fingerprint density at radius 1 is 1.21 bits per heavy atom. The van der Waals surface area contributed by atoms with Crippen molar-refractivity contribution in [2.75, 3.05) is 45.9 Å². The van der Waals surface area contributed by atoms with Gasteiger partial charge in [-0.2, -0.15) is 0 Å². The van der Waals surface area contributed by atoms with Gasteiger partial charge in [0.05, 0.1) is 25.3 Å². The molecule has 1 aliphatic heterocycles. The maximum absolute atomic E-state index is 5.43. The number of aliphatic imine (C=N–C) groups is 1. The fourth-order valence-corrected chi connectivity index (χ4v) is 3.36. The summed E-state index contributed by atoms with van der Waals surface area (Å²) in [6, 6.07) is 10.3. The molecule has 0 bridgehead atoms. The molecule has 6 nitrogen and oxygen atoms in total. The van der Waals surface area contributed by atoms with Crippen LogP contribution in [0, 0.1) is 5.92 Å². The Balaban J connectivity index is 0.00000280. The average Bonchev–Trinajstić information content (AvgIpc) is 2.71. The largest absolute Gasteiger partial charge is 0.379 e. The average molecular weight is 497 g/mol. The lowest BCUT2D eigenvalue weighted by atomic mass is 10.1. The van der Waals surface area contributed by atoms with Crippen LogP contribution in [0.3, 0.4) is 0 Å². The molecular weight excluding hydrogens is 465 g/mol. The van der Waals surface area contributed by atoms with Crippen LogP contribution in [0.5, 0.6) is 0 Å². The van der Waals surface area contributed by atoms with Gasteiger partial charge in [0.2, 0.25) is 0 Å². The minimum absolute atomic E-state index is 0. The normalized spacial score (nSPS) is 16.4. The van der Waals surface area contributed by atoms with Crippen molar-refractivity contribution in [3.05, 3.63) is 42.1 Å². The van der Waals surface area contributed by atoms with Crippen molar-refractivity contribution < 1.29 is 4.74 Å². The minimum atomic E-state index is 0. The Morgan fingerprint density at radius 2 is 2.00 bits per heavy atom. The molecule has 2 heterocycles. The number of hydrogen-bond donors (Lipinski definition) is 2. The van der Waals surface area contributed by atoms with Gasteiger partial charge in [0.1, 0.15) is 0 Å². The predicted molar refractivity (Wildman–Crippen MR) is 126 cm³/mol. The van der Waals surface area contributed by atoms with Crippen LogP contribution in [-0.4, -0.2) is 61.8 Å². The predicted octanol–water partition coefficient (Wildman–Crippen LogP) is 2.88. The number of guanidine groups is 1. The number of aromatic nitrogens is 1. The molecule has 0 amide bonds. The number of nitrogens with zero attached hydrogens (tertiary/aromatic N) is 3. The molecule has 3 rings (SSSR count). The molecule has 1 aromatic carbocycles. The molecule has 154 valence electrons. The number of para-hydroxylation sites is 1. The maximum atomic E-state index is 5.43. The number of halogens is 1. The molecule has 0 spiro atoms. The zero-order valence-corrected chi connectivity index (χ0v) is 19.2. The molecule has 1 aliphatic rings. The summed E-state index contributed by atoms with van der Waals surface area (Å²) < 4.78 is 5.43.